The Labute approximate surface area is 100 Å². The molecule has 0 aliphatic heterocycles. The van der Waals surface area contributed by atoms with Crippen molar-refractivity contribution in [2.75, 3.05) is 11.9 Å². The van der Waals surface area contributed by atoms with E-state index in [2.05, 4.69) is 18.8 Å². The Bertz CT molecular complexity index is 387. The van der Waals surface area contributed by atoms with Crippen LogP contribution in [-0.2, 0) is 4.74 Å². The molecule has 0 aliphatic rings. The van der Waals surface area contributed by atoms with Crippen molar-refractivity contribution in [2.24, 2.45) is 0 Å². The van der Waals surface area contributed by atoms with Crippen molar-refractivity contribution >= 4 is 11.4 Å². The molecule has 1 aromatic carbocycles. The van der Waals surface area contributed by atoms with E-state index in [-0.39, 0.29) is 5.69 Å². The first-order valence-electron chi connectivity index (χ1n) is 5.46. The van der Waals surface area contributed by atoms with Gasteiger partial charge in [-0.25, -0.2) is 0 Å². The number of nitrogens with one attached hydrogen (secondary N) is 1. The van der Waals surface area contributed by atoms with Crippen LogP contribution >= 0.6 is 0 Å². The predicted octanol–water partition coefficient (Wildman–Crippen LogP) is 3.29. The number of unbranched alkanes of at least 4 members (excludes halogenated alkanes) is 1. The van der Waals surface area contributed by atoms with Crippen molar-refractivity contribution < 1.29 is 9.66 Å². The van der Waals surface area contributed by atoms with Crippen LogP contribution in [0, 0.1) is 10.1 Å². The van der Waals surface area contributed by atoms with Crippen molar-refractivity contribution in [1.82, 2.24) is 0 Å². The minimum atomic E-state index is -0.434. The molecular formula is C12H16N2O3. The molecule has 17 heavy (non-hydrogen) atoms. The topological polar surface area (TPSA) is 64.4 Å². The fourth-order valence-corrected chi connectivity index (χ4v) is 1.20. The van der Waals surface area contributed by atoms with Gasteiger partial charge in [0.25, 0.3) is 5.69 Å². The lowest BCUT2D eigenvalue weighted by molar-refractivity contribution is -0.384. The number of nitro groups is 1. The number of non-ortho nitro benzene ring substituents is 1. The normalized spacial score (nSPS) is 9.71. The fraction of sp³-hybridized carbons (Fsp3) is 0.333. The Morgan fingerprint density at radius 1 is 1.47 bits per heavy atom. The SMILES string of the molecule is C=C(Nc1ccc([N+](=O)[O-])cc1)OCCCC. The van der Waals surface area contributed by atoms with Gasteiger partial charge in [-0.15, -0.1) is 0 Å². The minimum absolute atomic E-state index is 0.0630. The second kappa shape index (κ2) is 6.52. The summed E-state index contributed by atoms with van der Waals surface area (Å²) in [5, 5.41) is 13.4. The zero-order valence-corrected chi connectivity index (χ0v) is 9.81. The van der Waals surface area contributed by atoms with E-state index in [1.165, 1.54) is 12.1 Å². The Morgan fingerprint density at radius 2 is 2.12 bits per heavy atom. The van der Waals surface area contributed by atoms with E-state index in [0.717, 1.165) is 18.5 Å². The van der Waals surface area contributed by atoms with Crippen molar-refractivity contribution in [3.8, 4) is 0 Å². The van der Waals surface area contributed by atoms with Crippen LogP contribution < -0.4 is 5.32 Å². The van der Waals surface area contributed by atoms with Gasteiger partial charge in [-0.3, -0.25) is 10.1 Å². The number of ether oxygens (including phenoxy) is 1. The third kappa shape index (κ3) is 4.55. The molecule has 0 bridgehead atoms. The summed E-state index contributed by atoms with van der Waals surface area (Å²) < 4.78 is 5.32. The number of hydrogen-bond acceptors (Lipinski definition) is 4. The molecule has 5 nitrogen and oxygen atoms in total. The largest absolute Gasteiger partial charge is 0.479 e. The molecule has 0 atom stereocenters. The number of hydrogen-bond donors (Lipinski definition) is 1. The summed E-state index contributed by atoms with van der Waals surface area (Å²) in [4.78, 5) is 10.0. The zero-order valence-electron chi connectivity index (χ0n) is 9.81. The molecule has 0 aliphatic carbocycles. The van der Waals surface area contributed by atoms with E-state index in [4.69, 9.17) is 4.74 Å². The van der Waals surface area contributed by atoms with E-state index in [1.54, 1.807) is 12.1 Å². The number of rotatable bonds is 7. The van der Waals surface area contributed by atoms with Gasteiger partial charge < -0.3 is 10.1 Å². The Kier molecular flexibility index (Phi) is 5.00. The molecule has 0 unspecified atom stereocenters. The molecule has 0 fully saturated rings. The van der Waals surface area contributed by atoms with Crippen LogP contribution in [0.4, 0.5) is 11.4 Å². The van der Waals surface area contributed by atoms with Gasteiger partial charge in [-0.2, -0.15) is 0 Å². The molecule has 0 saturated heterocycles. The lowest BCUT2D eigenvalue weighted by atomic mass is 10.3. The zero-order chi connectivity index (χ0) is 12.7. The molecule has 0 saturated carbocycles. The Hall–Kier alpha value is -2.04. The molecule has 1 rings (SSSR count). The summed E-state index contributed by atoms with van der Waals surface area (Å²) in [6, 6.07) is 6.10. The molecule has 5 heteroatoms. The van der Waals surface area contributed by atoms with Gasteiger partial charge in [-0.1, -0.05) is 13.3 Å². The van der Waals surface area contributed by atoms with Gasteiger partial charge in [0, 0.05) is 17.8 Å². The summed E-state index contributed by atoms with van der Waals surface area (Å²) in [7, 11) is 0. The molecule has 0 amide bonds. The van der Waals surface area contributed by atoms with E-state index in [0.29, 0.717) is 12.5 Å². The van der Waals surface area contributed by atoms with Crippen molar-refractivity contribution in [1.29, 1.82) is 0 Å². The molecule has 0 spiro atoms. The fourth-order valence-electron chi connectivity index (χ4n) is 1.20. The van der Waals surface area contributed by atoms with E-state index in [9.17, 15) is 10.1 Å². The highest BCUT2D eigenvalue weighted by molar-refractivity contribution is 5.50. The third-order valence-electron chi connectivity index (χ3n) is 2.14. The molecular weight excluding hydrogens is 220 g/mol. The van der Waals surface area contributed by atoms with Gasteiger partial charge >= 0.3 is 0 Å². The van der Waals surface area contributed by atoms with Crippen molar-refractivity contribution in [2.45, 2.75) is 19.8 Å². The van der Waals surface area contributed by atoms with E-state index in [1.807, 2.05) is 0 Å². The summed E-state index contributed by atoms with van der Waals surface area (Å²) in [5.74, 6) is 0.451. The highest BCUT2D eigenvalue weighted by Crippen LogP contribution is 2.16. The van der Waals surface area contributed by atoms with Crippen LogP contribution in [0.1, 0.15) is 19.8 Å². The van der Waals surface area contributed by atoms with Crippen LogP contribution in [0.25, 0.3) is 0 Å². The number of benzene rings is 1. The monoisotopic (exact) mass is 236 g/mol. The van der Waals surface area contributed by atoms with Crippen LogP contribution in [0.3, 0.4) is 0 Å². The second-order valence-corrected chi connectivity index (χ2v) is 3.55. The average molecular weight is 236 g/mol. The van der Waals surface area contributed by atoms with Crippen molar-refractivity contribution in [3.63, 3.8) is 0 Å². The van der Waals surface area contributed by atoms with Crippen LogP contribution in [-0.4, -0.2) is 11.5 Å². The summed E-state index contributed by atoms with van der Waals surface area (Å²) in [5.41, 5.74) is 0.783. The van der Waals surface area contributed by atoms with Gasteiger partial charge in [0.15, 0.2) is 5.88 Å². The van der Waals surface area contributed by atoms with Gasteiger partial charge in [-0.05, 0) is 25.1 Å². The second-order valence-electron chi connectivity index (χ2n) is 3.55. The lowest BCUT2D eigenvalue weighted by Gasteiger charge is -2.10. The number of nitro benzene ring substituents is 1. The van der Waals surface area contributed by atoms with E-state index >= 15 is 0 Å². The minimum Gasteiger partial charge on any atom is -0.479 e. The Balaban J connectivity index is 2.46. The summed E-state index contributed by atoms with van der Waals surface area (Å²) in [6.07, 6.45) is 2.03. The molecule has 92 valence electrons. The highest BCUT2D eigenvalue weighted by Gasteiger charge is 2.04. The average Bonchev–Trinajstić information content (AvgIpc) is 2.30. The number of anilines is 1. The summed E-state index contributed by atoms with van der Waals surface area (Å²) >= 11 is 0. The lowest BCUT2D eigenvalue weighted by Crippen LogP contribution is -2.03. The summed E-state index contributed by atoms with van der Waals surface area (Å²) in [6.45, 7) is 6.41. The molecule has 0 radical (unpaired) electrons. The predicted molar refractivity (Wildman–Crippen MR) is 66.7 cm³/mol. The molecule has 0 heterocycles. The van der Waals surface area contributed by atoms with Crippen molar-refractivity contribution in [3.05, 3.63) is 46.8 Å². The molecule has 1 aromatic rings. The van der Waals surface area contributed by atoms with Gasteiger partial charge in [0.2, 0.25) is 0 Å². The maximum Gasteiger partial charge on any atom is 0.269 e. The van der Waals surface area contributed by atoms with Gasteiger partial charge in [0.05, 0.1) is 11.5 Å². The first-order chi connectivity index (χ1) is 8.13. The first-order valence-corrected chi connectivity index (χ1v) is 5.46. The third-order valence-corrected chi connectivity index (χ3v) is 2.14. The Morgan fingerprint density at radius 3 is 2.65 bits per heavy atom. The first kappa shape index (κ1) is 13.0. The molecule has 1 N–H and O–H groups in total. The quantitative estimate of drug-likeness (QED) is 0.341. The van der Waals surface area contributed by atoms with Crippen LogP contribution in [0.5, 0.6) is 0 Å². The molecule has 0 aromatic heterocycles. The number of nitrogens with zero attached hydrogens (tertiary/aromatic N) is 1. The van der Waals surface area contributed by atoms with Crippen LogP contribution in [0.2, 0.25) is 0 Å². The maximum atomic E-state index is 10.5. The standard InChI is InChI=1S/C12H16N2O3/c1-3-4-9-17-10(2)13-11-5-7-12(8-6-11)14(15)16/h5-8,13H,2-4,9H2,1H3. The van der Waals surface area contributed by atoms with Crippen LogP contribution in [0.15, 0.2) is 36.7 Å². The maximum absolute atomic E-state index is 10.5. The smallest absolute Gasteiger partial charge is 0.269 e. The van der Waals surface area contributed by atoms with Gasteiger partial charge in [0.1, 0.15) is 0 Å². The highest BCUT2D eigenvalue weighted by atomic mass is 16.6. The van der Waals surface area contributed by atoms with E-state index < -0.39 is 4.92 Å².